The monoisotopic (exact) mass is 348 g/mol. The maximum absolute atomic E-state index is 12.5. The minimum absolute atomic E-state index is 0.0829. The molecule has 1 aromatic carbocycles. The molecular formula is C20H32N2O3. The highest BCUT2D eigenvalue weighted by molar-refractivity contribution is 5.78. The van der Waals surface area contributed by atoms with Crippen LogP contribution in [0.15, 0.2) is 18.2 Å². The van der Waals surface area contributed by atoms with Gasteiger partial charge in [-0.15, -0.1) is 0 Å². The van der Waals surface area contributed by atoms with Gasteiger partial charge in [0.1, 0.15) is 0 Å². The van der Waals surface area contributed by atoms with Crippen molar-refractivity contribution in [1.82, 2.24) is 10.2 Å². The Morgan fingerprint density at radius 1 is 1.20 bits per heavy atom. The highest BCUT2D eigenvalue weighted by Crippen LogP contribution is 2.32. The van der Waals surface area contributed by atoms with Gasteiger partial charge in [-0.05, 0) is 50.6 Å². The summed E-state index contributed by atoms with van der Waals surface area (Å²) in [5.41, 5.74) is 1.09. The number of nitrogens with one attached hydrogen (secondary N) is 1. The Morgan fingerprint density at radius 2 is 1.84 bits per heavy atom. The molecule has 1 aliphatic carbocycles. The maximum atomic E-state index is 12.5. The van der Waals surface area contributed by atoms with Crippen molar-refractivity contribution in [2.45, 2.75) is 38.6 Å². The van der Waals surface area contributed by atoms with Crippen molar-refractivity contribution < 1.29 is 14.3 Å². The zero-order chi connectivity index (χ0) is 18.4. The van der Waals surface area contributed by atoms with Crippen LogP contribution < -0.4 is 14.8 Å². The first kappa shape index (κ1) is 19.6. The van der Waals surface area contributed by atoms with Crippen LogP contribution in [-0.4, -0.2) is 45.7 Å². The van der Waals surface area contributed by atoms with Crippen molar-refractivity contribution >= 4 is 5.91 Å². The van der Waals surface area contributed by atoms with Crippen molar-refractivity contribution in [3.05, 3.63) is 23.8 Å². The van der Waals surface area contributed by atoms with Gasteiger partial charge in [0.15, 0.2) is 11.5 Å². The maximum Gasteiger partial charge on any atom is 0.223 e. The molecule has 1 fully saturated rings. The van der Waals surface area contributed by atoms with E-state index in [4.69, 9.17) is 9.47 Å². The first-order valence-corrected chi connectivity index (χ1v) is 9.14. The molecule has 0 heterocycles. The lowest BCUT2D eigenvalue weighted by molar-refractivity contribution is -0.126. The number of hydrogen-bond donors (Lipinski definition) is 1. The molecule has 140 valence electrons. The minimum Gasteiger partial charge on any atom is -0.493 e. The topological polar surface area (TPSA) is 50.8 Å². The molecule has 5 nitrogen and oxygen atoms in total. The first-order valence-electron chi connectivity index (χ1n) is 9.14. The Labute approximate surface area is 151 Å². The number of amides is 1. The fraction of sp³-hybridized carbons (Fsp3) is 0.650. The fourth-order valence-electron chi connectivity index (χ4n) is 3.69. The van der Waals surface area contributed by atoms with Gasteiger partial charge < -0.3 is 19.7 Å². The number of carbonyl (C=O) groups excluding carboxylic acids is 1. The van der Waals surface area contributed by atoms with Gasteiger partial charge >= 0.3 is 0 Å². The van der Waals surface area contributed by atoms with E-state index < -0.39 is 0 Å². The second kappa shape index (κ2) is 9.09. The average Bonchev–Trinajstić information content (AvgIpc) is 3.15. The predicted octanol–water partition coefficient (Wildman–Crippen LogP) is 3.25. The molecule has 1 N–H and O–H groups in total. The molecule has 25 heavy (non-hydrogen) atoms. The number of carbonyl (C=O) groups is 1. The SMILES string of the molecule is COc1ccc(C(CNC(=O)C(C)C2CCCC2)N(C)C)cc1OC. The van der Waals surface area contributed by atoms with E-state index in [-0.39, 0.29) is 17.9 Å². The van der Waals surface area contributed by atoms with Gasteiger partial charge in [0, 0.05) is 12.5 Å². The van der Waals surface area contributed by atoms with E-state index in [1.165, 1.54) is 25.7 Å². The van der Waals surface area contributed by atoms with Gasteiger partial charge in [0.2, 0.25) is 5.91 Å². The van der Waals surface area contributed by atoms with Crippen LogP contribution in [0.2, 0.25) is 0 Å². The van der Waals surface area contributed by atoms with Crippen LogP contribution in [0.5, 0.6) is 11.5 Å². The summed E-state index contributed by atoms with van der Waals surface area (Å²) in [6.45, 7) is 2.64. The smallest absolute Gasteiger partial charge is 0.223 e. The van der Waals surface area contributed by atoms with Crippen molar-refractivity contribution in [1.29, 1.82) is 0 Å². The number of nitrogens with zero attached hydrogens (tertiary/aromatic N) is 1. The first-order chi connectivity index (χ1) is 12.0. The fourth-order valence-corrected chi connectivity index (χ4v) is 3.69. The van der Waals surface area contributed by atoms with Gasteiger partial charge in [-0.2, -0.15) is 0 Å². The molecule has 1 aromatic rings. The van der Waals surface area contributed by atoms with Crippen LogP contribution in [0.3, 0.4) is 0 Å². The summed E-state index contributed by atoms with van der Waals surface area (Å²) in [4.78, 5) is 14.7. The summed E-state index contributed by atoms with van der Waals surface area (Å²) < 4.78 is 10.7. The molecule has 0 aromatic heterocycles. The number of likely N-dealkylation sites (N-methyl/N-ethyl adjacent to an activating group) is 1. The summed E-state index contributed by atoms with van der Waals surface area (Å²) in [6.07, 6.45) is 4.88. The second-order valence-corrected chi connectivity index (χ2v) is 7.17. The van der Waals surface area contributed by atoms with E-state index in [1.807, 2.05) is 32.3 Å². The number of hydrogen-bond acceptors (Lipinski definition) is 4. The zero-order valence-electron chi connectivity index (χ0n) is 16.2. The number of ether oxygens (including phenoxy) is 2. The van der Waals surface area contributed by atoms with E-state index in [2.05, 4.69) is 17.1 Å². The third-order valence-corrected chi connectivity index (χ3v) is 5.41. The van der Waals surface area contributed by atoms with Crippen LogP contribution in [0.1, 0.15) is 44.2 Å². The molecule has 1 aliphatic rings. The Bertz CT molecular complexity index is 568. The Balaban J connectivity index is 2.04. The van der Waals surface area contributed by atoms with Crippen LogP contribution in [0, 0.1) is 11.8 Å². The van der Waals surface area contributed by atoms with Gasteiger partial charge in [0.25, 0.3) is 0 Å². The second-order valence-electron chi connectivity index (χ2n) is 7.17. The van der Waals surface area contributed by atoms with Crippen LogP contribution in [-0.2, 0) is 4.79 Å². The van der Waals surface area contributed by atoms with Crippen molar-refractivity contribution in [2.24, 2.45) is 11.8 Å². The van der Waals surface area contributed by atoms with Crippen molar-refractivity contribution in [2.75, 3.05) is 34.9 Å². The van der Waals surface area contributed by atoms with Gasteiger partial charge in [-0.3, -0.25) is 4.79 Å². The van der Waals surface area contributed by atoms with Gasteiger partial charge in [0.05, 0.1) is 20.3 Å². The van der Waals surface area contributed by atoms with Gasteiger partial charge in [-0.25, -0.2) is 0 Å². The minimum atomic E-state index is 0.0829. The third kappa shape index (κ3) is 4.88. The van der Waals surface area contributed by atoms with Crippen LogP contribution in [0.4, 0.5) is 0 Å². The van der Waals surface area contributed by atoms with E-state index in [9.17, 15) is 4.79 Å². The predicted molar refractivity (Wildman–Crippen MR) is 100 cm³/mol. The van der Waals surface area contributed by atoms with E-state index in [1.54, 1.807) is 14.2 Å². The largest absolute Gasteiger partial charge is 0.493 e. The average molecular weight is 348 g/mol. The Morgan fingerprint density at radius 3 is 2.40 bits per heavy atom. The van der Waals surface area contributed by atoms with Crippen LogP contribution in [0.25, 0.3) is 0 Å². The molecule has 0 bridgehead atoms. The molecule has 2 unspecified atom stereocenters. The highest BCUT2D eigenvalue weighted by atomic mass is 16.5. The standard InChI is InChI=1S/C20H32N2O3/c1-14(15-8-6-7-9-15)20(23)21-13-17(22(2)3)16-10-11-18(24-4)19(12-16)25-5/h10-12,14-15,17H,6-9,13H2,1-5H3,(H,21,23). The number of benzene rings is 1. The van der Waals surface area contributed by atoms with Crippen molar-refractivity contribution in [3.8, 4) is 11.5 Å². The molecule has 1 amide bonds. The third-order valence-electron chi connectivity index (χ3n) is 5.41. The molecule has 0 spiro atoms. The van der Waals surface area contributed by atoms with Crippen molar-refractivity contribution in [3.63, 3.8) is 0 Å². The molecule has 0 radical (unpaired) electrons. The molecule has 0 aliphatic heterocycles. The molecule has 0 saturated heterocycles. The summed E-state index contributed by atoms with van der Waals surface area (Å²) in [5.74, 6) is 2.22. The van der Waals surface area contributed by atoms with Crippen LogP contribution >= 0.6 is 0 Å². The Hall–Kier alpha value is -1.75. The molecular weight excluding hydrogens is 316 g/mol. The Kier molecular flexibility index (Phi) is 7.12. The highest BCUT2D eigenvalue weighted by Gasteiger charge is 2.27. The quantitative estimate of drug-likeness (QED) is 0.783. The lowest BCUT2D eigenvalue weighted by atomic mass is 9.92. The van der Waals surface area contributed by atoms with E-state index in [0.29, 0.717) is 24.0 Å². The molecule has 5 heteroatoms. The number of methoxy groups -OCH3 is 2. The van der Waals surface area contributed by atoms with E-state index in [0.717, 1.165) is 5.56 Å². The normalized spacial score (nSPS) is 17.4. The lowest BCUT2D eigenvalue weighted by Crippen LogP contribution is -2.38. The van der Waals surface area contributed by atoms with E-state index >= 15 is 0 Å². The van der Waals surface area contributed by atoms with Gasteiger partial charge in [-0.1, -0.05) is 25.8 Å². The summed E-state index contributed by atoms with van der Waals surface area (Å²) >= 11 is 0. The molecule has 2 atom stereocenters. The summed E-state index contributed by atoms with van der Waals surface area (Å²) in [7, 11) is 7.31. The summed E-state index contributed by atoms with van der Waals surface area (Å²) in [5, 5.41) is 3.15. The molecule has 1 saturated carbocycles. The molecule has 2 rings (SSSR count). The number of rotatable bonds is 8. The lowest BCUT2D eigenvalue weighted by Gasteiger charge is -2.27. The zero-order valence-corrected chi connectivity index (χ0v) is 16.2. The summed E-state index contributed by atoms with van der Waals surface area (Å²) in [6, 6.07) is 6.00.